The van der Waals surface area contributed by atoms with Crippen molar-refractivity contribution in [1.82, 2.24) is 40.4 Å². The summed E-state index contributed by atoms with van der Waals surface area (Å²) in [5.41, 5.74) is 8.41. The largest absolute Gasteiger partial charge is 0.453 e. The SMILES string of the molecule is COC(=O)N[C@H](C(=O)N1[C@H](c2nc3c([nH]2)CCc2cc(-c4ccc5c(ccc6[nH]c([C@@H]7CCCN7C(=O)[C@@H](NC(=O)OC)[C@@H](C)OC)nc65)c4)ccc2-3)[C@H]2CC(C3CCCC3)[C@@H]1C2)C(C)C. The summed E-state index contributed by atoms with van der Waals surface area (Å²) in [5.74, 6) is 2.63. The Kier molecular flexibility index (Phi) is 11.8. The summed E-state index contributed by atoms with van der Waals surface area (Å²) < 4.78 is 15.2. The van der Waals surface area contributed by atoms with Crippen LogP contribution in [-0.4, -0.2) is 106 Å². The number of rotatable bonds is 11. The maximum Gasteiger partial charge on any atom is 0.407 e. The highest BCUT2D eigenvalue weighted by Gasteiger charge is 2.57. The Labute approximate surface area is 385 Å². The number of methoxy groups -OCH3 is 3. The first-order chi connectivity index (χ1) is 32.0. The van der Waals surface area contributed by atoms with Crippen LogP contribution in [0.2, 0.25) is 0 Å². The number of piperidine rings is 1. The van der Waals surface area contributed by atoms with Gasteiger partial charge < -0.3 is 44.6 Å². The van der Waals surface area contributed by atoms with Gasteiger partial charge in [0.2, 0.25) is 11.8 Å². The van der Waals surface area contributed by atoms with Gasteiger partial charge in [0.25, 0.3) is 0 Å². The number of alkyl carbamates (subject to hydrolysis) is 2. The fourth-order valence-electron chi connectivity index (χ4n) is 12.3. The van der Waals surface area contributed by atoms with E-state index in [1.54, 1.807) is 11.8 Å². The number of ether oxygens (including phenoxy) is 3. The van der Waals surface area contributed by atoms with Crippen molar-refractivity contribution in [2.24, 2.45) is 23.7 Å². The molecule has 0 radical (unpaired) electrons. The third kappa shape index (κ3) is 7.66. The monoisotopic (exact) mass is 898 g/mol. The Morgan fingerprint density at radius 3 is 2.24 bits per heavy atom. The van der Waals surface area contributed by atoms with E-state index in [1.807, 2.05) is 13.8 Å². The van der Waals surface area contributed by atoms with E-state index in [1.165, 1.54) is 52.6 Å². The number of H-pyrrole nitrogens is 2. The molecule has 3 aromatic carbocycles. The molecule has 4 N–H and O–H groups in total. The molecule has 10 rings (SSSR count). The Morgan fingerprint density at radius 1 is 0.758 bits per heavy atom. The first kappa shape index (κ1) is 43.9. The van der Waals surface area contributed by atoms with Gasteiger partial charge in [-0.05, 0) is 103 Å². The summed E-state index contributed by atoms with van der Waals surface area (Å²) in [4.78, 5) is 74.8. The van der Waals surface area contributed by atoms with Gasteiger partial charge in [-0.3, -0.25) is 9.59 Å². The smallest absolute Gasteiger partial charge is 0.407 e. The third-order valence-electron chi connectivity index (χ3n) is 15.7. The van der Waals surface area contributed by atoms with E-state index >= 15 is 0 Å². The van der Waals surface area contributed by atoms with Crippen LogP contribution in [-0.2, 0) is 36.6 Å². The number of aromatic amines is 2. The molecule has 1 unspecified atom stereocenters. The molecule has 2 saturated carbocycles. The summed E-state index contributed by atoms with van der Waals surface area (Å²) in [7, 11) is 4.12. The first-order valence-electron chi connectivity index (χ1n) is 24.0. The lowest BCUT2D eigenvalue weighted by molar-refractivity contribution is -0.141. The molecule has 15 heteroatoms. The van der Waals surface area contributed by atoms with Crippen molar-refractivity contribution in [2.45, 2.75) is 121 Å². The molecule has 348 valence electrons. The van der Waals surface area contributed by atoms with Gasteiger partial charge in [-0.1, -0.05) is 75.9 Å². The maximum atomic E-state index is 14.7. The van der Waals surface area contributed by atoms with Crippen LogP contribution in [0.25, 0.3) is 44.2 Å². The van der Waals surface area contributed by atoms with E-state index in [2.05, 4.69) is 74.0 Å². The van der Waals surface area contributed by atoms with Gasteiger partial charge >= 0.3 is 12.2 Å². The first-order valence-corrected chi connectivity index (χ1v) is 24.0. The van der Waals surface area contributed by atoms with Crippen molar-refractivity contribution in [3.05, 3.63) is 71.4 Å². The van der Waals surface area contributed by atoms with Gasteiger partial charge in [0.15, 0.2) is 0 Å². The van der Waals surface area contributed by atoms with Crippen molar-refractivity contribution in [3.63, 3.8) is 0 Å². The number of hydrogen-bond donors (Lipinski definition) is 4. The average Bonchev–Trinajstić information content (AvgIpc) is 4.20. The number of fused-ring (bicyclic) bond motifs is 8. The summed E-state index contributed by atoms with van der Waals surface area (Å²) in [5, 5.41) is 7.61. The van der Waals surface area contributed by atoms with Crippen molar-refractivity contribution < 1.29 is 33.4 Å². The van der Waals surface area contributed by atoms with Crippen LogP contribution in [0.3, 0.4) is 0 Å². The molecule has 2 aliphatic heterocycles. The molecule has 3 aliphatic carbocycles. The second-order valence-corrected chi connectivity index (χ2v) is 19.6. The van der Waals surface area contributed by atoms with Crippen LogP contribution in [0.15, 0.2) is 48.5 Å². The number of carbonyl (C=O) groups excluding carboxylic acids is 4. The molecule has 4 amide bonds. The Hall–Kier alpha value is -5.96. The standard InChI is InChI=1S/C51H62N8O7/c1-26(2)41(56-50(62)65-5)49(61)59-40-25-33(24-36(40)28-10-7-8-11-28)45(59)47-53-38-20-16-32-23-30(14-18-35(32)44(38)55-47)29-13-17-34-31(22-29)15-19-37-43(34)54-46(52-37)39-12-9-21-58(39)48(60)42(27(3)64-4)57-51(63)66-6/h13-15,17-19,22-23,26-28,33,36,39-42,45H,7-12,16,20-21,24-25H2,1-6H3,(H,52,54)(H,53,55)(H,56,62)(H,57,63)/t27-,33+,36?,39+,40+,41+,42+,45+/m1/s1. The molecule has 2 bridgehead atoms. The van der Waals surface area contributed by atoms with Crippen LogP contribution >= 0.6 is 0 Å². The van der Waals surface area contributed by atoms with E-state index in [-0.39, 0.29) is 35.9 Å². The van der Waals surface area contributed by atoms with E-state index in [0.717, 1.165) is 94.2 Å². The van der Waals surface area contributed by atoms with Crippen molar-refractivity contribution in [2.75, 3.05) is 27.9 Å². The topological polar surface area (TPSA) is 184 Å². The lowest BCUT2D eigenvalue weighted by atomic mass is 9.81. The minimum atomic E-state index is -0.902. The molecule has 8 atom stereocenters. The lowest BCUT2D eigenvalue weighted by Crippen LogP contribution is -2.55. The quantitative estimate of drug-likeness (QED) is 0.102. The van der Waals surface area contributed by atoms with Crippen molar-refractivity contribution in [1.29, 1.82) is 0 Å². The minimum Gasteiger partial charge on any atom is -0.453 e. The summed E-state index contributed by atoms with van der Waals surface area (Å²) in [6.45, 7) is 6.25. The fourth-order valence-corrected chi connectivity index (χ4v) is 12.3. The molecular weight excluding hydrogens is 837 g/mol. The average molecular weight is 899 g/mol. The van der Waals surface area contributed by atoms with Crippen LogP contribution in [0.4, 0.5) is 9.59 Å². The van der Waals surface area contributed by atoms with Crippen LogP contribution < -0.4 is 10.6 Å². The molecule has 4 fully saturated rings. The summed E-state index contributed by atoms with van der Waals surface area (Å²) in [6.07, 6.45) is 8.49. The molecule has 66 heavy (non-hydrogen) atoms. The Morgan fingerprint density at radius 2 is 1.50 bits per heavy atom. The fraction of sp³-hybridized carbons (Fsp3) is 0.529. The third-order valence-corrected chi connectivity index (χ3v) is 15.7. The molecule has 0 spiro atoms. The predicted octanol–water partition coefficient (Wildman–Crippen LogP) is 8.14. The zero-order chi connectivity index (χ0) is 46.0. The highest BCUT2D eigenvalue weighted by molar-refractivity contribution is 6.05. The zero-order valence-electron chi connectivity index (χ0n) is 38.8. The van der Waals surface area contributed by atoms with Crippen LogP contribution in [0, 0.1) is 23.7 Å². The van der Waals surface area contributed by atoms with Gasteiger partial charge in [0, 0.05) is 36.3 Å². The molecule has 4 heterocycles. The Balaban J connectivity index is 0.908. The maximum absolute atomic E-state index is 14.7. The minimum absolute atomic E-state index is 0.0382. The predicted molar refractivity (Wildman–Crippen MR) is 249 cm³/mol. The number of hydrogen-bond acceptors (Lipinski definition) is 9. The number of benzene rings is 3. The van der Waals surface area contributed by atoms with Gasteiger partial charge in [-0.15, -0.1) is 0 Å². The van der Waals surface area contributed by atoms with E-state index in [4.69, 9.17) is 24.2 Å². The number of nitrogens with one attached hydrogen (secondary N) is 4. The summed E-state index contributed by atoms with van der Waals surface area (Å²) in [6, 6.07) is 15.4. The highest BCUT2D eigenvalue weighted by Crippen LogP contribution is 2.57. The molecule has 5 aromatic rings. The number of imidazole rings is 2. The zero-order valence-corrected chi connectivity index (χ0v) is 38.8. The van der Waals surface area contributed by atoms with Crippen molar-refractivity contribution >= 4 is 45.8 Å². The van der Waals surface area contributed by atoms with E-state index in [9.17, 15) is 19.2 Å². The lowest BCUT2D eigenvalue weighted by Gasteiger charge is -2.42. The highest BCUT2D eigenvalue weighted by atomic mass is 16.5. The normalized spacial score (nSPS) is 23.8. The second-order valence-electron chi connectivity index (χ2n) is 19.6. The molecular formula is C51H62N8O7. The van der Waals surface area contributed by atoms with Crippen LogP contribution in [0.1, 0.15) is 107 Å². The number of aromatic nitrogens is 4. The molecule has 2 aromatic heterocycles. The van der Waals surface area contributed by atoms with Crippen LogP contribution in [0.5, 0.6) is 0 Å². The number of amides is 4. The van der Waals surface area contributed by atoms with E-state index in [0.29, 0.717) is 30.1 Å². The molecule has 2 saturated heterocycles. The second kappa shape index (κ2) is 17.7. The van der Waals surface area contributed by atoms with Gasteiger partial charge in [0.1, 0.15) is 23.7 Å². The van der Waals surface area contributed by atoms with Gasteiger partial charge in [0.05, 0.1) is 49.1 Å². The van der Waals surface area contributed by atoms with Crippen molar-refractivity contribution in [3.8, 4) is 22.4 Å². The van der Waals surface area contributed by atoms with Gasteiger partial charge in [-0.2, -0.15) is 0 Å². The van der Waals surface area contributed by atoms with Gasteiger partial charge in [-0.25, -0.2) is 19.6 Å². The Bertz CT molecular complexity index is 2690. The molecule has 5 aliphatic rings. The van der Waals surface area contributed by atoms with E-state index < -0.39 is 30.4 Å². The number of nitrogens with zero attached hydrogens (tertiary/aromatic N) is 4. The number of aryl methyl sites for hydroxylation is 2. The number of carbonyl (C=O) groups is 4. The number of likely N-dealkylation sites (tertiary alicyclic amines) is 2. The molecule has 15 nitrogen and oxygen atoms in total. The summed E-state index contributed by atoms with van der Waals surface area (Å²) >= 11 is 0.